The van der Waals surface area contributed by atoms with E-state index in [0.717, 1.165) is 12.8 Å². The molecule has 12 heteroatoms. The van der Waals surface area contributed by atoms with E-state index in [1.807, 2.05) is 27.7 Å². The number of hydrogen-bond donors (Lipinski definition) is 1. The highest BCUT2D eigenvalue weighted by Gasteiger charge is 2.35. The van der Waals surface area contributed by atoms with E-state index in [4.69, 9.17) is 4.74 Å². The molecule has 11 nitrogen and oxygen atoms in total. The van der Waals surface area contributed by atoms with Gasteiger partial charge in [0.1, 0.15) is 11.3 Å². The van der Waals surface area contributed by atoms with Gasteiger partial charge in [0, 0.05) is 37.6 Å². The lowest BCUT2D eigenvalue weighted by molar-refractivity contribution is -0.107. The molecule has 0 radical (unpaired) electrons. The largest absolute Gasteiger partial charge is 0.444 e. The van der Waals surface area contributed by atoms with Gasteiger partial charge in [0.25, 0.3) is 5.91 Å². The molecule has 3 heterocycles. The summed E-state index contributed by atoms with van der Waals surface area (Å²) in [5.41, 5.74) is 0.507. The van der Waals surface area contributed by atoms with Gasteiger partial charge in [0.2, 0.25) is 6.41 Å². The van der Waals surface area contributed by atoms with E-state index < -0.39 is 17.3 Å². The van der Waals surface area contributed by atoms with E-state index in [9.17, 15) is 18.8 Å². The molecule has 1 aliphatic rings. The fourth-order valence-corrected chi connectivity index (χ4v) is 4.12. The Morgan fingerprint density at radius 1 is 1.26 bits per heavy atom. The summed E-state index contributed by atoms with van der Waals surface area (Å²) in [7, 11) is 0. The number of carbonyl (C=O) groups is 3. The van der Waals surface area contributed by atoms with E-state index in [1.54, 1.807) is 24.2 Å². The van der Waals surface area contributed by atoms with Crippen molar-refractivity contribution in [3.8, 4) is 0 Å². The molecule has 39 heavy (non-hydrogen) atoms. The van der Waals surface area contributed by atoms with Crippen LogP contribution in [0.25, 0.3) is 5.65 Å². The van der Waals surface area contributed by atoms with Crippen molar-refractivity contribution < 1.29 is 23.5 Å². The molecule has 0 spiro atoms. The summed E-state index contributed by atoms with van der Waals surface area (Å²) in [6, 6.07) is 1.39. The van der Waals surface area contributed by atoms with Gasteiger partial charge in [-0.05, 0) is 52.9 Å². The second-order valence-electron chi connectivity index (χ2n) is 11.0. The Hall–Kier alpha value is -4.09. The molecule has 1 saturated carbocycles. The molecule has 1 N–H and O–H groups in total. The highest BCUT2D eigenvalue weighted by Crippen LogP contribution is 2.29. The molecule has 3 aromatic heterocycles. The Morgan fingerprint density at radius 2 is 2.00 bits per heavy atom. The number of aryl methyl sites for hydroxylation is 1. The quantitative estimate of drug-likeness (QED) is 0.383. The van der Waals surface area contributed by atoms with Crippen molar-refractivity contribution in [1.82, 2.24) is 24.3 Å². The van der Waals surface area contributed by atoms with Crippen LogP contribution >= 0.6 is 0 Å². The summed E-state index contributed by atoms with van der Waals surface area (Å²) in [4.78, 5) is 52.7. The van der Waals surface area contributed by atoms with E-state index in [1.165, 1.54) is 27.8 Å². The maximum Gasteiger partial charge on any atom is 0.410 e. The number of halogens is 1. The number of hydrogen-bond acceptors (Lipinski definition) is 7. The molecule has 3 aromatic rings. The zero-order valence-corrected chi connectivity index (χ0v) is 22.8. The molecule has 208 valence electrons. The molecular weight excluding hydrogens is 505 g/mol. The van der Waals surface area contributed by atoms with Crippen molar-refractivity contribution in [2.24, 2.45) is 5.92 Å². The first kappa shape index (κ1) is 27.9. The topological polar surface area (TPSA) is 122 Å². The highest BCUT2D eigenvalue weighted by molar-refractivity contribution is 6.02. The van der Waals surface area contributed by atoms with Gasteiger partial charge in [-0.25, -0.2) is 24.1 Å². The Bertz CT molecular complexity index is 1350. The number of anilines is 2. The van der Waals surface area contributed by atoms with Crippen molar-refractivity contribution in [2.45, 2.75) is 65.5 Å². The fraction of sp³-hybridized carbons (Fsp3) is 0.481. The second-order valence-corrected chi connectivity index (χ2v) is 11.0. The maximum atomic E-state index is 14.3. The molecule has 3 amide bonds. The van der Waals surface area contributed by atoms with Gasteiger partial charge in [0.05, 0.1) is 23.8 Å². The number of ether oxygens (including phenoxy) is 1. The minimum atomic E-state index is -0.571. The number of aromatic nitrogens is 4. The third-order valence-corrected chi connectivity index (χ3v) is 6.16. The lowest BCUT2D eigenvalue weighted by atomic mass is 10.1. The third-order valence-electron chi connectivity index (χ3n) is 6.16. The van der Waals surface area contributed by atoms with Crippen molar-refractivity contribution in [1.29, 1.82) is 0 Å². The maximum absolute atomic E-state index is 14.3. The summed E-state index contributed by atoms with van der Waals surface area (Å²) < 4.78 is 21.4. The first-order valence-electron chi connectivity index (χ1n) is 12.9. The van der Waals surface area contributed by atoms with E-state index in [0.29, 0.717) is 37.4 Å². The zero-order valence-electron chi connectivity index (χ0n) is 22.8. The van der Waals surface area contributed by atoms with Crippen LogP contribution < -0.4 is 10.2 Å². The van der Waals surface area contributed by atoms with Gasteiger partial charge >= 0.3 is 6.09 Å². The predicted octanol–water partition coefficient (Wildman–Crippen LogP) is 4.21. The van der Waals surface area contributed by atoms with Crippen LogP contribution in [-0.2, 0) is 9.53 Å². The average Bonchev–Trinajstić information content (AvgIpc) is 3.62. The Morgan fingerprint density at radius 3 is 2.62 bits per heavy atom. The predicted molar refractivity (Wildman–Crippen MR) is 143 cm³/mol. The molecular formula is C27H34FN7O4. The van der Waals surface area contributed by atoms with Gasteiger partial charge in [0.15, 0.2) is 17.3 Å². The van der Waals surface area contributed by atoms with E-state index >= 15 is 0 Å². The van der Waals surface area contributed by atoms with Crippen LogP contribution in [0.1, 0.15) is 63.1 Å². The van der Waals surface area contributed by atoms with Crippen molar-refractivity contribution in [2.75, 3.05) is 23.3 Å². The number of carbonyl (C=O) groups excluding carboxylic acids is 3. The number of amides is 3. The Labute approximate surface area is 226 Å². The third kappa shape index (κ3) is 7.27. The minimum Gasteiger partial charge on any atom is -0.444 e. The van der Waals surface area contributed by atoms with Crippen molar-refractivity contribution in [3.63, 3.8) is 0 Å². The lowest BCUT2D eigenvalue weighted by Crippen LogP contribution is -2.41. The van der Waals surface area contributed by atoms with Crippen LogP contribution in [-0.4, -0.2) is 67.4 Å². The minimum absolute atomic E-state index is 0.0118. The molecule has 0 saturated heterocycles. The number of fused-ring (bicyclic) bond motifs is 1. The first-order chi connectivity index (χ1) is 18.4. The van der Waals surface area contributed by atoms with Crippen LogP contribution in [0, 0.1) is 18.7 Å². The fourth-order valence-electron chi connectivity index (χ4n) is 4.12. The number of pyridine rings is 1. The molecule has 0 aromatic carbocycles. The molecule has 1 unspecified atom stereocenters. The first-order valence-corrected chi connectivity index (χ1v) is 12.9. The van der Waals surface area contributed by atoms with E-state index in [2.05, 4.69) is 20.3 Å². The molecule has 0 bridgehead atoms. The van der Waals surface area contributed by atoms with Gasteiger partial charge in [-0.2, -0.15) is 0 Å². The molecule has 1 atom stereocenters. The van der Waals surface area contributed by atoms with Crippen molar-refractivity contribution >= 4 is 35.6 Å². The van der Waals surface area contributed by atoms with Crippen LogP contribution in [0.3, 0.4) is 0 Å². The normalized spacial score (nSPS) is 14.1. The standard InChI is InChI=1S/C27H34FN7O4/c1-17(13-35(20-6-7-20)26(38)39-27(3,4)5)8-9-33(16-36)23-12-29-22(11-30-23)25(37)32-19-10-21(28)24-31-18(2)14-34(24)15-19/h10-12,14-17,20H,6-9,13H2,1-5H3,(H,32,37). The zero-order chi connectivity index (χ0) is 28.3. The number of imidazole rings is 1. The van der Waals surface area contributed by atoms with Gasteiger partial charge in [-0.3, -0.25) is 14.5 Å². The van der Waals surface area contributed by atoms with Crippen LogP contribution in [0.4, 0.5) is 20.7 Å². The SMILES string of the molecule is Cc1cn2cc(NC(=O)c3cnc(N(C=O)CCC(C)CN(C(=O)OC(C)(C)C)C4CC4)cn3)cc(F)c2n1. The highest BCUT2D eigenvalue weighted by atomic mass is 19.1. The lowest BCUT2D eigenvalue weighted by Gasteiger charge is -2.29. The number of nitrogens with one attached hydrogen (secondary N) is 1. The van der Waals surface area contributed by atoms with Gasteiger partial charge < -0.3 is 19.4 Å². The average molecular weight is 540 g/mol. The summed E-state index contributed by atoms with van der Waals surface area (Å²) in [6.45, 7) is 10.2. The second kappa shape index (κ2) is 11.3. The summed E-state index contributed by atoms with van der Waals surface area (Å²) in [5.74, 6) is -0.736. The van der Waals surface area contributed by atoms with E-state index in [-0.39, 0.29) is 35.1 Å². The molecule has 1 aliphatic carbocycles. The number of nitrogens with zero attached hydrogens (tertiary/aromatic N) is 6. The van der Waals surface area contributed by atoms with Crippen molar-refractivity contribution in [3.05, 3.63) is 48.1 Å². The van der Waals surface area contributed by atoms with Gasteiger partial charge in [-0.1, -0.05) is 6.92 Å². The van der Waals surface area contributed by atoms with Crippen LogP contribution in [0.2, 0.25) is 0 Å². The summed E-state index contributed by atoms with van der Waals surface area (Å²) in [6.07, 6.45) is 8.71. The van der Waals surface area contributed by atoms with Crippen LogP contribution in [0.5, 0.6) is 0 Å². The molecule has 4 rings (SSSR count). The van der Waals surface area contributed by atoms with Gasteiger partial charge in [-0.15, -0.1) is 0 Å². The number of rotatable bonds is 10. The summed E-state index contributed by atoms with van der Waals surface area (Å²) >= 11 is 0. The Balaban J connectivity index is 1.33. The molecule has 0 aliphatic heterocycles. The Kier molecular flexibility index (Phi) is 8.12. The smallest absolute Gasteiger partial charge is 0.410 e. The molecule has 1 fully saturated rings. The monoisotopic (exact) mass is 539 g/mol. The van der Waals surface area contributed by atoms with Crippen LogP contribution in [0.15, 0.2) is 30.9 Å². The summed E-state index contributed by atoms with van der Waals surface area (Å²) in [5, 5.41) is 2.60.